The Morgan fingerprint density at radius 2 is 1.74 bits per heavy atom. The molecule has 1 heterocycles. The number of para-hydroxylation sites is 2. The zero-order valence-electron chi connectivity index (χ0n) is 11.1. The second-order valence-electron chi connectivity index (χ2n) is 4.69. The molecule has 102 valence electrons. The summed E-state index contributed by atoms with van der Waals surface area (Å²) in [6.07, 6.45) is 0. The summed E-state index contributed by atoms with van der Waals surface area (Å²) >= 11 is 0. The van der Waals surface area contributed by atoms with E-state index in [1.165, 1.54) is 4.90 Å². The van der Waals surface area contributed by atoms with Crippen LogP contribution in [0.3, 0.4) is 0 Å². The standard InChI is InChI=1S/C14H18N2O3/c1-9-10(2)14(18)16(13(9)17)11-5-3-4-6-12(11)19-8-7-15/h3-6,9-10H,7-8,15H2,1-2H3. The quantitative estimate of drug-likeness (QED) is 0.827. The van der Waals surface area contributed by atoms with Gasteiger partial charge in [0.05, 0.1) is 5.69 Å². The van der Waals surface area contributed by atoms with E-state index in [0.717, 1.165) is 0 Å². The predicted octanol–water partition coefficient (Wildman–Crippen LogP) is 1.17. The van der Waals surface area contributed by atoms with Crippen LogP contribution in [0.1, 0.15) is 13.8 Å². The molecule has 2 rings (SSSR count). The Kier molecular flexibility index (Phi) is 3.85. The van der Waals surface area contributed by atoms with Crippen molar-refractivity contribution in [1.29, 1.82) is 0 Å². The molecule has 1 saturated heterocycles. The first-order chi connectivity index (χ1) is 9.07. The molecule has 19 heavy (non-hydrogen) atoms. The summed E-state index contributed by atoms with van der Waals surface area (Å²) in [5.41, 5.74) is 5.91. The Morgan fingerprint density at radius 1 is 1.16 bits per heavy atom. The number of hydrogen-bond donors (Lipinski definition) is 1. The maximum Gasteiger partial charge on any atom is 0.237 e. The Labute approximate surface area is 112 Å². The predicted molar refractivity (Wildman–Crippen MR) is 71.8 cm³/mol. The Hall–Kier alpha value is -1.88. The highest BCUT2D eigenvalue weighted by Crippen LogP contribution is 2.35. The van der Waals surface area contributed by atoms with Gasteiger partial charge in [0, 0.05) is 18.4 Å². The van der Waals surface area contributed by atoms with E-state index in [-0.39, 0.29) is 23.7 Å². The van der Waals surface area contributed by atoms with E-state index >= 15 is 0 Å². The number of amides is 2. The van der Waals surface area contributed by atoms with Gasteiger partial charge in [-0.3, -0.25) is 9.59 Å². The van der Waals surface area contributed by atoms with Crippen LogP contribution in [-0.2, 0) is 9.59 Å². The van der Waals surface area contributed by atoms with Crippen molar-refractivity contribution in [3.63, 3.8) is 0 Å². The van der Waals surface area contributed by atoms with E-state index in [9.17, 15) is 9.59 Å². The third kappa shape index (κ3) is 2.33. The van der Waals surface area contributed by atoms with Crippen molar-refractivity contribution in [2.45, 2.75) is 13.8 Å². The summed E-state index contributed by atoms with van der Waals surface area (Å²) in [6, 6.07) is 7.03. The number of nitrogens with two attached hydrogens (primary N) is 1. The maximum absolute atomic E-state index is 12.2. The topological polar surface area (TPSA) is 72.6 Å². The normalized spacial score (nSPS) is 23.0. The number of hydrogen-bond acceptors (Lipinski definition) is 4. The SMILES string of the molecule is CC1C(=O)N(c2ccccc2OCCN)C(=O)C1C. The van der Waals surface area contributed by atoms with E-state index in [2.05, 4.69) is 0 Å². The number of rotatable bonds is 4. The molecule has 1 fully saturated rings. The van der Waals surface area contributed by atoms with Gasteiger partial charge in [-0.15, -0.1) is 0 Å². The molecule has 1 aliphatic rings. The minimum atomic E-state index is -0.296. The lowest BCUT2D eigenvalue weighted by molar-refractivity contribution is -0.122. The zero-order valence-corrected chi connectivity index (χ0v) is 11.1. The van der Waals surface area contributed by atoms with E-state index in [4.69, 9.17) is 10.5 Å². The van der Waals surface area contributed by atoms with Gasteiger partial charge in [0.15, 0.2) is 0 Å². The molecule has 5 nitrogen and oxygen atoms in total. The lowest BCUT2D eigenvalue weighted by Gasteiger charge is -2.18. The number of benzene rings is 1. The van der Waals surface area contributed by atoms with Crippen LogP contribution in [0, 0.1) is 11.8 Å². The molecule has 2 unspecified atom stereocenters. The van der Waals surface area contributed by atoms with Gasteiger partial charge in [0.25, 0.3) is 0 Å². The fraction of sp³-hybridized carbons (Fsp3) is 0.429. The fourth-order valence-electron chi connectivity index (χ4n) is 2.11. The van der Waals surface area contributed by atoms with Crippen LogP contribution < -0.4 is 15.4 Å². The molecular weight excluding hydrogens is 244 g/mol. The highest BCUT2D eigenvalue weighted by molar-refractivity contribution is 6.22. The van der Waals surface area contributed by atoms with Gasteiger partial charge in [0.2, 0.25) is 11.8 Å². The molecule has 2 atom stereocenters. The molecule has 0 spiro atoms. The third-order valence-electron chi connectivity index (χ3n) is 3.45. The molecule has 0 radical (unpaired) electrons. The molecular formula is C14H18N2O3. The molecule has 1 aromatic carbocycles. The lowest BCUT2D eigenvalue weighted by Crippen LogP contribution is -2.31. The van der Waals surface area contributed by atoms with Crippen LogP contribution in [0.2, 0.25) is 0 Å². The minimum absolute atomic E-state index is 0.179. The van der Waals surface area contributed by atoms with Gasteiger partial charge in [-0.2, -0.15) is 0 Å². The average Bonchev–Trinajstić information content (AvgIpc) is 2.61. The van der Waals surface area contributed by atoms with Gasteiger partial charge < -0.3 is 10.5 Å². The maximum atomic E-state index is 12.2. The van der Waals surface area contributed by atoms with Crippen LogP contribution in [0.15, 0.2) is 24.3 Å². The van der Waals surface area contributed by atoms with E-state index < -0.39 is 0 Å². The van der Waals surface area contributed by atoms with Gasteiger partial charge in [0.1, 0.15) is 12.4 Å². The summed E-state index contributed by atoms with van der Waals surface area (Å²) in [4.78, 5) is 25.6. The third-order valence-corrected chi connectivity index (χ3v) is 3.45. The second-order valence-corrected chi connectivity index (χ2v) is 4.69. The van der Waals surface area contributed by atoms with Gasteiger partial charge >= 0.3 is 0 Å². The molecule has 0 aromatic heterocycles. The number of ether oxygens (including phenoxy) is 1. The van der Waals surface area contributed by atoms with E-state index in [1.54, 1.807) is 38.1 Å². The Morgan fingerprint density at radius 3 is 2.32 bits per heavy atom. The summed E-state index contributed by atoms with van der Waals surface area (Å²) in [7, 11) is 0. The molecule has 1 aliphatic heterocycles. The Bertz CT molecular complexity index is 481. The molecule has 0 saturated carbocycles. The van der Waals surface area contributed by atoms with Crippen LogP contribution in [0.4, 0.5) is 5.69 Å². The number of carbonyl (C=O) groups excluding carboxylic acids is 2. The highest BCUT2D eigenvalue weighted by Gasteiger charge is 2.43. The smallest absolute Gasteiger partial charge is 0.237 e. The number of anilines is 1. The number of nitrogens with zero attached hydrogens (tertiary/aromatic N) is 1. The van der Waals surface area contributed by atoms with Crippen molar-refractivity contribution < 1.29 is 14.3 Å². The highest BCUT2D eigenvalue weighted by atomic mass is 16.5. The van der Waals surface area contributed by atoms with E-state index in [1.807, 2.05) is 0 Å². The van der Waals surface area contributed by atoms with Crippen molar-refractivity contribution in [3.05, 3.63) is 24.3 Å². The van der Waals surface area contributed by atoms with Crippen LogP contribution in [0.5, 0.6) is 5.75 Å². The average molecular weight is 262 g/mol. The molecule has 5 heteroatoms. The van der Waals surface area contributed by atoms with Gasteiger partial charge in [-0.25, -0.2) is 4.90 Å². The molecule has 0 bridgehead atoms. The van der Waals surface area contributed by atoms with Crippen molar-refractivity contribution in [3.8, 4) is 5.75 Å². The molecule has 1 aromatic rings. The van der Waals surface area contributed by atoms with E-state index in [0.29, 0.717) is 24.6 Å². The second kappa shape index (κ2) is 5.40. The van der Waals surface area contributed by atoms with Crippen molar-refractivity contribution in [2.75, 3.05) is 18.1 Å². The Balaban J connectivity index is 2.36. The summed E-state index contributed by atoms with van der Waals surface area (Å²) < 4.78 is 5.49. The zero-order chi connectivity index (χ0) is 14.0. The van der Waals surface area contributed by atoms with Gasteiger partial charge in [-0.05, 0) is 12.1 Å². The monoisotopic (exact) mass is 262 g/mol. The summed E-state index contributed by atoms with van der Waals surface area (Å²) in [6.45, 7) is 4.27. The summed E-state index contributed by atoms with van der Waals surface area (Å²) in [5, 5.41) is 0. The molecule has 2 amide bonds. The van der Waals surface area contributed by atoms with Crippen molar-refractivity contribution >= 4 is 17.5 Å². The molecule has 2 N–H and O–H groups in total. The van der Waals surface area contributed by atoms with Crippen LogP contribution in [0.25, 0.3) is 0 Å². The van der Waals surface area contributed by atoms with Crippen LogP contribution >= 0.6 is 0 Å². The van der Waals surface area contributed by atoms with Crippen LogP contribution in [-0.4, -0.2) is 25.0 Å². The van der Waals surface area contributed by atoms with Crippen molar-refractivity contribution in [1.82, 2.24) is 0 Å². The lowest BCUT2D eigenvalue weighted by atomic mass is 10.00. The summed E-state index contributed by atoms with van der Waals surface area (Å²) in [5.74, 6) is -0.441. The number of imide groups is 1. The number of carbonyl (C=O) groups is 2. The fourth-order valence-corrected chi connectivity index (χ4v) is 2.11. The first-order valence-electron chi connectivity index (χ1n) is 6.37. The largest absolute Gasteiger partial charge is 0.490 e. The minimum Gasteiger partial charge on any atom is -0.490 e. The first-order valence-corrected chi connectivity index (χ1v) is 6.37. The first kappa shape index (κ1) is 13.5. The van der Waals surface area contributed by atoms with Gasteiger partial charge in [-0.1, -0.05) is 26.0 Å². The van der Waals surface area contributed by atoms with Crippen molar-refractivity contribution in [2.24, 2.45) is 17.6 Å². The molecule has 0 aliphatic carbocycles.